The minimum Gasteiger partial charge on any atom is -0.372 e. The number of fused-ring (bicyclic) bond motifs is 1. The van der Waals surface area contributed by atoms with Gasteiger partial charge in [0.2, 0.25) is 0 Å². The van der Waals surface area contributed by atoms with Crippen LogP contribution in [0.3, 0.4) is 0 Å². The second-order valence-corrected chi connectivity index (χ2v) is 8.74. The predicted octanol–water partition coefficient (Wildman–Crippen LogP) is 6.52. The molecule has 0 amide bonds. The largest absolute Gasteiger partial charge is 0.372 e. The van der Waals surface area contributed by atoms with Crippen molar-refractivity contribution in [2.24, 2.45) is 0 Å². The minimum atomic E-state index is -0.488. The maximum absolute atomic E-state index is 14.2. The van der Waals surface area contributed by atoms with Gasteiger partial charge in [-0.3, -0.25) is 4.79 Å². The van der Waals surface area contributed by atoms with E-state index in [0.29, 0.717) is 17.6 Å². The van der Waals surface area contributed by atoms with Crippen molar-refractivity contribution in [1.29, 1.82) is 0 Å². The van der Waals surface area contributed by atoms with Crippen LogP contribution in [0.25, 0.3) is 0 Å². The molecule has 29 heavy (non-hydrogen) atoms. The number of para-hydroxylation sites is 2. The van der Waals surface area contributed by atoms with Crippen molar-refractivity contribution in [3.63, 3.8) is 0 Å². The first kappa shape index (κ1) is 18.4. The van der Waals surface area contributed by atoms with Crippen LogP contribution in [0.1, 0.15) is 35.2 Å². The van der Waals surface area contributed by atoms with E-state index in [1.54, 1.807) is 23.5 Å². The van der Waals surface area contributed by atoms with Crippen molar-refractivity contribution in [3.05, 3.63) is 92.5 Å². The van der Waals surface area contributed by atoms with Crippen molar-refractivity contribution in [2.75, 3.05) is 10.6 Å². The number of benzene rings is 2. The molecule has 0 saturated carbocycles. The molecule has 1 aliphatic carbocycles. The number of hydrogen-bond acceptors (Lipinski definition) is 4. The van der Waals surface area contributed by atoms with Gasteiger partial charge >= 0.3 is 0 Å². The van der Waals surface area contributed by atoms with Crippen molar-refractivity contribution in [1.82, 2.24) is 0 Å². The van der Waals surface area contributed by atoms with E-state index in [0.717, 1.165) is 23.5 Å². The highest BCUT2D eigenvalue weighted by molar-refractivity contribution is 7.10. The molecule has 0 bridgehead atoms. The van der Waals surface area contributed by atoms with E-state index in [2.05, 4.69) is 16.7 Å². The van der Waals surface area contributed by atoms with Crippen LogP contribution in [-0.2, 0) is 4.79 Å². The van der Waals surface area contributed by atoms with Crippen LogP contribution in [0.5, 0.6) is 0 Å². The molecule has 2 heterocycles. The standard InChI is InChI=1S/C23H18ClFN2OS/c24-15-8-7-13(10-16(15)25)23-22-19(26-17-4-1-2-5-18(17)27-23)11-14(12-20(22)28)21-6-3-9-29-21/h1-10,14,23,26-27H,11-12H2. The van der Waals surface area contributed by atoms with Crippen molar-refractivity contribution in [2.45, 2.75) is 24.8 Å². The SMILES string of the molecule is O=C1CC(c2cccs2)CC2=C1C(c1ccc(Cl)c(F)c1)Nc1ccccc1N2. The Morgan fingerprint density at radius 3 is 2.62 bits per heavy atom. The van der Waals surface area contributed by atoms with Crippen LogP contribution >= 0.6 is 22.9 Å². The minimum absolute atomic E-state index is 0.0721. The summed E-state index contributed by atoms with van der Waals surface area (Å²) in [5.74, 6) is -0.252. The summed E-state index contributed by atoms with van der Waals surface area (Å²) in [7, 11) is 0. The van der Waals surface area contributed by atoms with E-state index in [4.69, 9.17) is 11.6 Å². The molecule has 0 saturated heterocycles. The van der Waals surface area contributed by atoms with Crippen molar-refractivity contribution < 1.29 is 9.18 Å². The molecule has 2 N–H and O–H groups in total. The Kier molecular flexibility index (Phi) is 4.64. The van der Waals surface area contributed by atoms with E-state index in [9.17, 15) is 9.18 Å². The Morgan fingerprint density at radius 2 is 1.86 bits per heavy atom. The highest BCUT2D eigenvalue weighted by Crippen LogP contribution is 2.45. The number of allylic oxidation sites excluding steroid dienone is 1. The fourth-order valence-corrected chi connectivity index (χ4v) is 5.11. The number of thiophene rings is 1. The van der Waals surface area contributed by atoms with Gasteiger partial charge < -0.3 is 10.6 Å². The quantitative estimate of drug-likeness (QED) is 0.492. The number of anilines is 2. The topological polar surface area (TPSA) is 41.1 Å². The molecule has 0 spiro atoms. The molecule has 2 unspecified atom stereocenters. The highest BCUT2D eigenvalue weighted by atomic mass is 35.5. The zero-order valence-electron chi connectivity index (χ0n) is 15.4. The molecule has 2 aromatic carbocycles. The first-order chi connectivity index (χ1) is 14.1. The Bertz CT molecular complexity index is 1130. The maximum Gasteiger partial charge on any atom is 0.163 e. The highest BCUT2D eigenvalue weighted by Gasteiger charge is 2.36. The summed E-state index contributed by atoms with van der Waals surface area (Å²) in [6.45, 7) is 0. The molecule has 2 atom stereocenters. The lowest BCUT2D eigenvalue weighted by molar-refractivity contribution is -0.116. The average molecular weight is 425 g/mol. The maximum atomic E-state index is 14.2. The molecular weight excluding hydrogens is 407 g/mol. The van der Waals surface area contributed by atoms with Gasteiger partial charge in [0.15, 0.2) is 5.78 Å². The Hall–Kier alpha value is -2.63. The van der Waals surface area contributed by atoms with E-state index in [-0.39, 0.29) is 16.7 Å². The van der Waals surface area contributed by atoms with Gasteiger partial charge in [-0.2, -0.15) is 0 Å². The molecule has 1 aromatic heterocycles. The molecule has 3 aromatic rings. The first-order valence-corrected chi connectivity index (χ1v) is 10.7. The third-order valence-electron chi connectivity index (χ3n) is 5.53. The molecule has 2 aliphatic rings. The van der Waals surface area contributed by atoms with E-state index in [1.807, 2.05) is 35.7 Å². The Balaban J connectivity index is 1.64. The van der Waals surface area contributed by atoms with Gasteiger partial charge in [-0.1, -0.05) is 35.9 Å². The first-order valence-electron chi connectivity index (χ1n) is 9.47. The summed E-state index contributed by atoms with van der Waals surface area (Å²) in [5, 5.41) is 9.06. The molecule has 0 radical (unpaired) electrons. The lowest BCUT2D eigenvalue weighted by Gasteiger charge is -2.29. The fraction of sp³-hybridized carbons (Fsp3) is 0.174. The predicted molar refractivity (Wildman–Crippen MR) is 116 cm³/mol. The summed E-state index contributed by atoms with van der Waals surface area (Å²) in [6, 6.07) is 16.2. The summed E-state index contributed by atoms with van der Waals surface area (Å²) >= 11 is 7.57. The van der Waals surface area contributed by atoms with E-state index >= 15 is 0 Å². The number of carbonyl (C=O) groups excluding carboxylic acids is 1. The number of halogens is 2. The van der Waals surface area contributed by atoms with Crippen molar-refractivity contribution >= 4 is 40.1 Å². The summed E-state index contributed by atoms with van der Waals surface area (Å²) in [6.07, 6.45) is 1.19. The number of carbonyl (C=O) groups is 1. The van der Waals surface area contributed by atoms with E-state index in [1.165, 1.54) is 10.9 Å². The Morgan fingerprint density at radius 1 is 1.03 bits per heavy atom. The second-order valence-electron chi connectivity index (χ2n) is 7.36. The van der Waals surface area contributed by atoms with Crippen molar-refractivity contribution in [3.8, 4) is 0 Å². The Labute approximate surface area is 177 Å². The molecule has 0 fully saturated rings. The van der Waals surface area contributed by atoms with Gasteiger partial charge in [0, 0.05) is 28.5 Å². The van der Waals surface area contributed by atoms with Gasteiger partial charge in [0.05, 0.1) is 22.4 Å². The summed E-state index contributed by atoms with van der Waals surface area (Å²) < 4.78 is 14.2. The lowest BCUT2D eigenvalue weighted by Crippen LogP contribution is -2.26. The molecule has 5 rings (SSSR count). The summed E-state index contributed by atoms with van der Waals surface area (Å²) in [5.41, 5.74) is 4.05. The van der Waals surface area contributed by atoms with Gasteiger partial charge in [-0.05, 0) is 47.7 Å². The monoisotopic (exact) mass is 424 g/mol. The van der Waals surface area contributed by atoms with Gasteiger partial charge in [0.1, 0.15) is 5.82 Å². The molecule has 6 heteroatoms. The third-order valence-corrected chi connectivity index (χ3v) is 6.87. The second kappa shape index (κ2) is 7.32. The van der Waals surface area contributed by atoms with Crippen LogP contribution in [0.2, 0.25) is 5.02 Å². The molecular formula is C23H18ClFN2OS. The number of rotatable bonds is 2. The van der Waals surface area contributed by atoms with Crippen LogP contribution in [-0.4, -0.2) is 5.78 Å². The number of nitrogens with one attached hydrogen (secondary N) is 2. The van der Waals surface area contributed by atoms with Gasteiger partial charge in [-0.25, -0.2) is 4.39 Å². The zero-order chi connectivity index (χ0) is 20.0. The smallest absolute Gasteiger partial charge is 0.163 e. The van der Waals surface area contributed by atoms with Crippen LogP contribution in [0.15, 0.2) is 71.2 Å². The fourth-order valence-electron chi connectivity index (χ4n) is 4.16. The number of Topliss-reactive ketones (excluding diaryl/α,β-unsaturated/α-hetero) is 1. The third kappa shape index (κ3) is 3.34. The normalized spacial score (nSPS) is 21.0. The molecule has 1 aliphatic heterocycles. The lowest BCUT2D eigenvalue weighted by atomic mass is 9.81. The summed E-state index contributed by atoms with van der Waals surface area (Å²) in [4.78, 5) is 14.5. The van der Waals surface area contributed by atoms with Crippen LogP contribution < -0.4 is 10.6 Å². The average Bonchev–Trinajstić information content (AvgIpc) is 3.19. The molecule has 146 valence electrons. The zero-order valence-corrected chi connectivity index (χ0v) is 17.0. The van der Waals surface area contributed by atoms with Crippen LogP contribution in [0, 0.1) is 5.82 Å². The number of ketones is 1. The van der Waals surface area contributed by atoms with E-state index < -0.39 is 11.9 Å². The van der Waals surface area contributed by atoms with Crippen LogP contribution in [0.4, 0.5) is 15.8 Å². The van der Waals surface area contributed by atoms with Gasteiger partial charge in [0.25, 0.3) is 0 Å². The molecule has 3 nitrogen and oxygen atoms in total. The van der Waals surface area contributed by atoms with Gasteiger partial charge in [-0.15, -0.1) is 11.3 Å². The number of hydrogen-bond donors (Lipinski definition) is 2.